The van der Waals surface area contributed by atoms with Gasteiger partial charge in [0.05, 0.1) is 5.69 Å². The van der Waals surface area contributed by atoms with E-state index in [0.29, 0.717) is 33.7 Å². The lowest BCUT2D eigenvalue weighted by atomic mass is 9.99. The number of fused-ring (bicyclic) bond motifs is 1. The van der Waals surface area contributed by atoms with Crippen LogP contribution >= 0.6 is 0 Å². The van der Waals surface area contributed by atoms with Crippen LogP contribution in [0.1, 0.15) is 18.4 Å². The lowest BCUT2D eigenvalue weighted by molar-refractivity contribution is 0.221. The Morgan fingerprint density at radius 3 is 2.58 bits per heavy atom. The number of halogens is 1. The molecule has 3 heterocycles. The molecule has 3 aromatic rings. The highest BCUT2D eigenvalue weighted by molar-refractivity contribution is 5.91. The number of carbonyl (C=O) groups is 1. The van der Waals surface area contributed by atoms with Crippen molar-refractivity contribution in [1.29, 1.82) is 0 Å². The van der Waals surface area contributed by atoms with Gasteiger partial charge in [0.25, 0.3) is 5.56 Å². The molecule has 0 unspecified atom stereocenters. The Morgan fingerprint density at radius 2 is 1.88 bits per heavy atom. The van der Waals surface area contributed by atoms with Gasteiger partial charge in [-0.2, -0.15) is 4.98 Å². The van der Waals surface area contributed by atoms with Crippen LogP contribution in [0.15, 0.2) is 29.2 Å². The number of aromatic nitrogens is 3. The van der Waals surface area contributed by atoms with E-state index in [0.717, 1.165) is 25.9 Å². The predicted octanol–water partition coefficient (Wildman–Crippen LogP) is 2.70. The molecule has 1 aliphatic heterocycles. The number of piperidine rings is 1. The van der Waals surface area contributed by atoms with Crippen LogP contribution in [0.3, 0.4) is 0 Å². The third-order valence-electron chi connectivity index (χ3n) is 6.08. The molecule has 0 bridgehead atoms. The van der Waals surface area contributed by atoms with Gasteiger partial charge in [-0.15, -0.1) is 0 Å². The van der Waals surface area contributed by atoms with Gasteiger partial charge < -0.3 is 20.9 Å². The van der Waals surface area contributed by atoms with Crippen molar-refractivity contribution >= 4 is 28.7 Å². The van der Waals surface area contributed by atoms with Crippen molar-refractivity contribution in [2.75, 3.05) is 37.8 Å². The average Bonchev–Trinajstić information content (AvgIpc) is 2.79. The van der Waals surface area contributed by atoms with Gasteiger partial charge in [-0.25, -0.2) is 14.2 Å². The first kappa shape index (κ1) is 22.7. The SMILES string of the molecule is CNc1ncc2cc(-c3cc(NC(=O)NC4CCN(C)CC4)c(F)cc3C)c(=O)n(C)c2n1. The number of nitrogens with zero attached hydrogens (tertiary/aromatic N) is 4. The number of benzene rings is 1. The zero-order chi connectivity index (χ0) is 23.7. The van der Waals surface area contributed by atoms with Gasteiger partial charge in [-0.3, -0.25) is 9.36 Å². The second-order valence-electron chi connectivity index (χ2n) is 8.47. The fourth-order valence-electron chi connectivity index (χ4n) is 4.12. The van der Waals surface area contributed by atoms with E-state index in [-0.39, 0.29) is 17.3 Å². The predicted molar refractivity (Wildman–Crippen MR) is 127 cm³/mol. The molecule has 0 atom stereocenters. The van der Waals surface area contributed by atoms with E-state index in [9.17, 15) is 14.0 Å². The number of hydrogen-bond acceptors (Lipinski definition) is 6. The lowest BCUT2D eigenvalue weighted by Gasteiger charge is -2.29. The van der Waals surface area contributed by atoms with E-state index in [1.54, 1.807) is 33.3 Å². The fraction of sp³-hybridized carbons (Fsp3) is 0.391. The van der Waals surface area contributed by atoms with Crippen LogP contribution in [-0.4, -0.2) is 58.7 Å². The van der Waals surface area contributed by atoms with E-state index in [4.69, 9.17) is 0 Å². The topological polar surface area (TPSA) is 104 Å². The van der Waals surface area contributed by atoms with Gasteiger partial charge in [0, 0.05) is 37.3 Å². The number of likely N-dealkylation sites (tertiary alicyclic amines) is 1. The maximum absolute atomic E-state index is 14.7. The summed E-state index contributed by atoms with van der Waals surface area (Å²) in [5, 5.41) is 9.05. The molecular weight excluding hydrogens is 425 g/mol. The number of rotatable bonds is 4. The molecule has 174 valence electrons. The van der Waals surface area contributed by atoms with Crippen LogP contribution in [0.5, 0.6) is 0 Å². The fourth-order valence-corrected chi connectivity index (χ4v) is 4.12. The summed E-state index contributed by atoms with van der Waals surface area (Å²) in [6.45, 7) is 3.53. The summed E-state index contributed by atoms with van der Waals surface area (Å²) in [4.78, 5) is 36.4. The highest BCUT2D eigenvalue weighted by Gasteiger charge is 2.20. The van der Waals surface area contributed by atoms with Gasteiger partial charge in [-0.05, 0) is 69.2 Å². The van der Waals surface area contributed by atoms with Crippen LogP contribution in [0, 0.1) is 12.7 Å². The second kappa shape index (κ2) is 9.14. The van der Waals surface area contributed by atoms with Crippen LogP contribution in [-0.2, 0) is 7.05 Å². The minimum Gasteiger partial charge on any atom is -0.357 e. The Balaban J connectivity index is 1.66. The van der Waals surface area contributed by atoms with E-state index in [1.807, 2.05) is 7.05 Å². The second-order valence-corrected chi connectivity index (χ2v) is 8.47. The molecule has 0 saturated carbocycles. The standard InChI is InChI=1S/C23H28FN7O2/c1-13-9-18(24)19(28-23(33)27-15-5-7-30(3)8-6-15)11-16(13)17-10-14-12-26-22(25-2)29-20(14)31(4)21(17)32/h9-12,15H,5-8H2,1-4H3,(H,25,26,29)(H2,27,28,33). The highest BCUT2D eigenvalue weighted by atomic mass is 19.1. The van der Waals surface area contributed by atoms with Gasteiger partial charge in [0.1, 0.15) is 11.5 Å². The van der Waals surface area contributed by atoms with E-state index in [2.05, 4.69) is 30.8 Å². The first-order valence-electron chi connectivity index (χ1n) is 10.9. The van der Waals surface area contributed by atoms with Crippen molar-refractivity contribution in [2.45, 2.75) is 25.8 Å². The summed E-state index contributed by atoms with van der Waals surface area (Å²) in [6.07, 6.45) is 3.32. The number of carbonyl (C=O) groups excluding carboxylic acids is 1. The lowest BCUT2D eigenvalue weighted by Crippen LogP contribution is -2.44. The molecule has 9 nitrogen and oxygen atoms in total. The van der Waals surface area contributed by atoms with Crippen molar-refractivity contribution in [3.8, 4) is 11.1 Å². The number of pyridine rings is 1. The van der Waals surface area contributed by atoms with Crippen molar-refractivity contribution < 1.29 is 9.18 Å². The molecule has 0 aliphatic carbocycles. The summed E-state index contributed by atoms with van der Waals surface area (Å²) in [5.74, 6) is -0.153. The zero-order valence-electron chi connectivity index (χ0n) is 19.2. The molecule has 1 fully saturated rings. The maximum atomic E-state index is 14.7. The monoisotopic (exact) mass is 453 g/mol. The molecule has 1 saturated heterocycles. The quantitative estimate of drug-likeness (QED) is 0.561. The molecule has 1 aromatic carbocycles. The van der Waals surface area contributed by atoms with Gasteiger partial charge in [-0.1, -0.05) is 0 Å². The summed E-state index contributed by atoms with van der Waals surface area (Å²) >= 11 is 0. The van der Waals surface area contributed by atoms with Crippen LogP contribution < -0.4 is 21.5 Å². The normalized spacial score (nSPS) is 14.9. The zero-order valence-corrected chi connectivity index (χ0v) is 19.2. The minimum absolute atomic E-state index is 0.0185. The minimum atomic E-state index is -0.561. The molecule has 3 N–H and O–H groups in total. The molecular formula is C23H28FN7O2. The van der Waals surface area contributed by atoms with Gasteiger partial charge in [0.2, 0.25) is 5.95 Å². The number of hydrogen-bond donors (Lipinski definition) is 3. The third kappa shape index (κ3) is 4.65. The largest absolute Gasteiger partial charge is 0.357 e. The molecule has 2 amide bonds. The van der Waals surface area contributed by atoms with Crippen molar-refractivity contribution in [3.05, 3.63) is 46.1 Å². The van der Waals surface area contributed by atoms with Crippen LogP contribution in [0.25, 0.3) is 22.2 Å². The Kier molecular flexibility index (Phi) is 6.28. The molecule has 0 radical (unpaired) electrons. The Hall–Kier alpha value is -3.53. The molecule has 0 spiro atoms. The molecule has 4 rings (SSSR count). The Bertz CT molecular complexity index is 1270. The first-order valence-corrected chi connectivity index (χ1v) is 10.9. The van der Waals surface area contributed by atoms with Gasteiger partial charge in [0.15, 0.2) is 0 Å². The van der Waals surface area contributed by atoms with Crippen molar-refractivity contribution in [3.63, 3.8) is 0 Å². The molecule has 10 heteroatoms. The molecule has 33 heavy (non-hydrogen) atoms. The van der Waals surface area contributed by atoms with Gasteiger partial charge >= 0.3 is 6.03 Å². The number of nitrogens with one attached hydrogen (secondary N) is 3. The van der Waals surface area contributed by atoms with Crippen molar-refractivity contribution in [1.82, 2.24) is 24.8 Å². The third-order valence-corrected chi connectivity index (χ3v) is 6.08. The summed E-state index contributed by atoms with van der Waals surface area (Å²) in [7, 11) is 5.38. The number of anilines is 2. The summed E-state index contributed by atoms with van der Waals surface area (Å²) in [5.41, 5.74) is 1.72. The number of aryl methyl sites for hydroxylation is 2. The van der Waals surface area contributed by atoms with E-state index < -0.39 is 11.8 Å². The average molecular weight is 454 g/mol. The van der Waals surface area contributed by atoms with Crippen LogP contribution in [0.2, 0.25) is 0 Å². The number of urea groups is 1. The summed E-state index contributed by atoms with van der Waals surface area (Å²) < 4.78 is 16.1. The van der Waals surface area contributed by atoms with Crippen LogP contribution in [0.4, 0.5) is 20.8 Å². The first-order chi connectivity index (χ1) is 15.8. The maximum Gasteiger partial charge on any atom is 0.319 e. The smallest absolute Gasteiger partial charge is 0.319 e. The number of amides is 2. The Labute approximate surface area is 191 Å². The molecule has 2 aromatic heterocycles. The van der Waals surface area contributed by atoms with E-state index in [1.165, 1.54) is 16.7 Å². The van der Waals surface area contributed by atoms with Crippen molar-refractivity contribution in [2.24, 2.45) is 7.05 Å². The summed E-state index contributed by atoms with van der Waals surface area (Å²) in [6, 6.07) is 4.11. The van der Waals surface area contributed by atoms with E-state index >= 15 is 0 Å². The molecule has 1 aliphatic rings. The highest BCUT2D eigenvalue weighted by Crippen LogP contribution is 2.28. The Morgan fingerprint density at radius 1 is 1.15 bits per heavy atom.